The molecule has 0 saturated carbocycles. The van der Waals surface area contributed by atoms with Crippen molar-refractivity contribution >= 4 is 27.7 Å². The molecular formula is C12H10BrFN2S. The molecule has 0 atom stereocenters. The molecule has 2 nitrogen and oxygen atoms in total. The summed E-state index contributed by atoms with van der Waals surface area (Å²) in [6, 6.07) is 4.99. The van der Waals surface area contributed by atoms with E-state index in [1.54, 1.807) is 24.5 Å². The fraction of sp³-hybridized carbons (Fsp3) is 0.167. The van der Waals surface area contributed by atoms with Crippen LogP contribution in [0.5, 0.6) is 0 Å². The highest BCUT2D eigenvalue weighted by atomic mass is 79.9. The molecule has 2 aromatic rings. The summed E-state index contributed by atoms with van der Waals surface area (Å²) in [6.45, 7) is 1.95. The maximum Gasteiger partial charge on any atom is 0.187 e. The molecule has 0 unspecified atom stereocenters. The van der Waals surface area contributed by atoms with Crippen molar-refractivity contribution in [2.45, 2.75) is 17.8 Å². The van der Waals surface area contributed by atoms with Gasteiger partial charge in [0.25, 0.3) is 0 Å². The minimum absolute atomic E-state index is 0.245. The predicted molar refractivity (Wildman–Crippen MR) is 70.4 cm³/mol. The van der Waals surface area contributed by atoms with Crippen molar-refractivity contribution in [3.05, 3.63) is 52.0 Å². The molecule has 0 fully saturated rings. The van der Waals surface area contributed by atoms with Gasteiger partial charge in [-0.1, -0.05) is 17.8 Å². The molecule has 0 saturated heterocycles. The minimum Gasteiger partial charge on any atom is -0.231 e. The van der Waals surface area contributed by atoms with E-state index < -0.39 is 0 Å². The number of aryl methyl sites for hydroxylation is 1. The normalized spacial score (nSPS) is 10.5. The Morgan fingerprint density at radius 2 is 2.00 bits per heavy atom. The van der Waals surface area contributed by atoms with E-state index in [0.717, 1.165) is 22.0 Å². The smallest absolute Gasteiger partial charge is 0.187 e. The zero-order valence-electron chi connectivity index (χ0n) is 9.15. The molecule has 0 aliphatic carbocycles. The predicted octanol–water partition coefficient (Wildman–Crippen LogP) is 3.98. The number of thioether (sulfide) groups is 1. The van der Waals surface area contributed by atoms with Gasteiger partial charge in [0, 0.05) is 18.1 Å². The van der Waals surface area contributed by atoms with Gasteiger partial charge in [0.15, 0.2) is 5.16 Å². The highest BCUT2D eigenvalue weighted by molar-refractivity contribution is 9.10. The summed E-state index contributed by atoms with van der Waals surface area (Å²) in [5.41, 5.74) is 2.08. The second kappa shape index (κ2) is 5.60. The zero-order valence-corrected chi connectivity index (χ0v) is 11.6. The Morgan fingerprint density at radius 3 is 2.65 bits per heavy atom. The summed E-state index contributed by atoms with van der Waals surface area (Å²) in [5.74, 6) is 0.479. The molecule has 88 valence electrons. The van der Waals surface area contributed by atoms with Crippen LogP contribution >= 0.6 is 27.7 Å². The number of rotatable bonds is 3. The number of halogens is 2. The minimum atomic E-state index is -0.245. The fourth-order valence-corrected chi connectivity index (χ4v) is 2.39. The van der Waals surface area contributed by atoms with Crippen molar-refractivity contribution in [1.29, 1.82) is 0 Å². The lowest BCUT2D eigenvalue weighted by atomic mass is 10.2. The SMILES string of the molecule is Cc1cnc(SCc2ccc(F)c(Br)c2)nc1. The van der Waals surface area contributed by atoms with E-state index in [-0.39, 0.29) is 5.82 Å². The molecule has 0 spiro atoms. The van der Waals surface area contributed by atoms with Crippen LogP contribution < -0.4 is 0 Å². The van der Waals surface area contributed by atoms with Crippen LogP contribution in [0.25, 0.3) is 0 Å². The van der Waals surface area contributed by atoms with Gasteiger partial charge in [-0.3, -0.25) is 0 Å². The molecule has 0 radical (unpaired) electrons. The van der Waals surface area contributed by atoms with Crippen molar-refractivity contribution in [3.63, 3.8) is 0 Å². The van der Waals surface area contributed by atoms with E-state index >= 15 is 0 Å². The van der Waals surface area contributed by atoms with Crippen molar-refractivity contribution in [1.82, 2.24) is 9.97 Å². The molecule has 0 aliphatic heterocycles. The van der Waals surface area contributed by atoms with E-state index in [9.17, 15) is 4.39 Å². The molecule has 1 aromatic carbocycles. The Morgan fingerprint density at radius 1 is 1.29 bits per heavy atom. The average molecular weight is 313 g/mol. The molecule has 0 bridgehead atoms. The van der Waals surface area contributed by atoms with Gasteiger partial charge in [0.1, 0.15) is 5.82 Å². The van der Waals surface area contributed by atoms with Gasteiger partial charge >= 0.3 is 0 Å². The maximum atomic E-state index is 13.0. The average Bonchev–Trinajstić information content (AvgIpc) is 2.33. The monoisotopic (exact) mass is 312 g/mol. The number of hydrogen-bond acceptors (Lipinski definition) is 3. The van der Waals surface area contributed by atoms with Gasteiger partial charge in [-0.25, -0.2) is 14.4 Å². The van der Waals surface area contributed by atoms with Gasteiger partial charge in [0.05, 0.1) is 4.47 Å². The number of hydrogen-bond donors (Lipinski definition) is 0. The topological polar surface area (TPSA) is 25.8 Å². The first-order valence-electron chi connectivity index (χ1n) is 5.00. The first kappa shape index (κ1) is 12.5. The van der Waals surface area contributed by atoms with E-state index in [2.05, 4.69) is 25.9 Å². The van der Waals surface area contributed by atoms with Gasteiger partial charge in [-0.15, -0.1) is 0 Å². The Balaban J connectivity index is 2.02. The van der Waals surface area contributed by atoms with Crippen LogP contribution in [0.15, 0.2) is 40.2 Å². The highest BCUT2D eigenvalue weighted by Crippen LogP contribution is 2.22. The van der Waals surface area contributed by atoms with Crippen LogP contribution in [-0.4, -0.2) is 9.97 Å². The first-order chi connectivity index (χ1) is 8.15. The molecule has 1 heterocycles. The lowest BCUT2D eigenvalue weighted by molar-refractivity contribution is 0.620. The number of benzene rings is 1. The Hall–Kier alpha value is -0.940. The molecule has 0 amide bonds. The quantitative estimate of drug-likeness (QED) is 0.633. The lowest BCUT2D eigenvalue weighted by Crippen LogP contribution is -1.89. The van der Waals surface area contributed by atoms with Crippen LogP contribution in [0.4, 0.5) is 4.39 Å². The molecule has 0 aliphatic rings. The molecule has 1 aromatic heterocycles. The van der Waals surface area contributed by atoms with Crippen LogP contribution in [0, 0.1) is 12.7 Å². The summed E-state index contributed by atoms with van der Waals surface area (Å²) in [7, 11) is 0. The van der Waals surface area contributed by atoms with Gasteiger partial charge in [0.2, 0.25) is 0 Å². The Labute approximate surface area is 112 Å². The van der Waals surface area contributed by atoms with Crippen LogP contribution in [0.3, 0.4) is 0 Å². The maximum absolute atomic E-state index is 13.0. The Bertz CT molecular complexity index is 516. The third kappa shape index (κ3) is 3.51. The summed E-state index contributed by atoms with van der Waals surface area (Å²) in [4.78, 5) is 8.40. The Kier molecular flexibility index (Phi) is 4.12. The van der Waals surface area contributed by atoms with Crippen LogP contribution in [0.2, 0.25) is 0 Å². The second-order valence-corrected chi connectivity index (χ2v) is 5.38. The van der Waals surface area contributed by atoms with Crippen LogP contribution in [-0.2, 0) is 5.75 Å². The van der Waals surface area contributed by atoms with Gasteiger partial charge < -0.3 is 0 Å². The summed E-state index contributed by atoms with van der Waals surface area (Å²) in [5, 5.41) is 0.732. The number of aromatic nitrogens is 2. The lowest BCUT2D eigenvalue weighted by Gasteiger charge is -2.02. The van der Waals surface area contributed by atoms with Crippen molar-refractivity contribution in [3.8, 4) is 0 Å². The van der Waals surface area contributed by atoms with Crippen molar-refractivity contribution < 1.29 is 4.39 Å². The summed E-state index contributed by atoms with van der Waals surface area (Å²) < 4.78 is 13.5. The van der Waals surface area contributed by atoms with Crippen molar-refractivity contribution in [2.75, 3.05) is 0 Å². The third-order valence-corrected chi connectivity index (χ3v) is 3.66. The number of nitrogens with zero attached hydrogens (tertiary/aromatic N) is 2. The zero-order chi connectivity index (χ0) is 12.3. The van der Waals surface area contributed by atoms with Crippen molar-refractivity contribution in [2.24, 2.45) is 0 Å². The first-order valence-corrected chi connectivity index (χ1v) is 6.78. The highest BCUT2D eigenvalue weighted by Gasteiger charge is 2.02. The largest absolute Gasteiger partial charge is 0.231 e. The molecular weight excluding hydrogens is 303 g/mol. The standard InChI is InChI=1S/C12H10BrFN2S/c1-8-5-15-12(16-6-8)17-7-9-2-3-11(14)10(13)4-9/h2-6H,7H2,1H3. The van der Waals surface area contributed by atoms with E-state index in [0.29, 0.717) is 4.47 Å². The molecule has 5 heteroatoms. The van der Waals surface area contributed by atoms with Crippen LogP contribution in [0.1, 0.15) is 11.1 Å². The van der Waals surface area contributed by atoms with Gasteiger partial charge in [-0.2, -0.15) is 0 Å². The van der Waals surface area contributed by atoms with Gasteiger partial charge in [-0.05, 0) is 46.1 Å². The third-order valence-electron chi connectivity index (χ3n) is 2.11. The summed E-state index contributed by atoms with van der Waals surface area (Å²) >= 11 is 4.70. The second-order valence-electron chi connectivity index (χ2n) is 3.58. The summed E-state index contributed by atoms with van der Waals surface area (Å²) in [6.07, 6.45) is 3.58. The van der Waals surface area contributed by atoms with E-state index in [1.807, 2.05) is 6.92 Å². The molecule has 0 N–H and O–H groups in total. The fourth-order valence-electron chi connectivity index (χ4n) is 1.23. The molecule has 17 heavy (non-hydrogen) atoms. The molecule has 2 rings (SSSR count). The van der Waals surface area contributed by atoms with E-state index in [4.69, 9.17) is 0 Å². The van der Waals surface area contributed by atoms with E-state index in [1.165, 1.54) is 17.8 Å².